The molecule has 1 aliphatic rings. The Labute approximate surface area is 123 Å². The molecule has 1 aromatic carbocycles. The van der Waals surface area contributed by atoms with Crippen molar-refractivity contribution in [3.05, 3.63) is 41.5 Å². The summed E-state index contributed by atoms with van der Waals surface area (Å²) in [5, 5.41) is 0. The lowest BCUT2D eigenvalue weighted by Crippen LogP contribution is -2.44. The molecule has 0 unspecified atom stereocenters. The minimum absolute atomic E-state index is 0.594. The number of nitrogens with zero attached hydrogens (tertiary/aromatic N) is 2. The third kappa shape index (κ3) is 5.17. The average Bonchev–Trinajstić information content (AvgIpc) is 2.45. The fraction of sp³-hybridized carbons (Fsp3) is 0.500. The number of hydrogen-bond donors (Lipinski definition) is 0. The summed E-state index contributed by atoms with van der Waals surface area (Å²) in [6.45, 7) is 5.25. The molecule has 0 amide bonds. The van der Waals surface area contributed by atoms with Gasteiger partial charge in [-0.1, -0.05) is 24.3 Å². The molecule has 0 aliphatic carbocycles. The molecule has 1 aliphatic heterocycles. The Morgan fingerprint density at radius 1 is 1.14 bits per heavy atom. The zero-order chi connectivity index (χ0) is 15.3. The molecule has 0 spiro atoms. The Kier molecular flexibility index (Phi) is 5.42. The van der Waals surface area contributed by atoms with Crippen LogP contribution in [0.4, 0.5) is 13.2 Å². The van der Waals surface area contributed by atoms with Crippen molar-refractivity contribution in [1.82, 2.24) is 9.80 Å². The quantitative estimate of drug-likeness (QED) is 0.841. The standard InChI is InChI=1S/C16H21F3N2/c1-20-9-11-21(12-10-20)8-3-2-5-14-6-4-7-15(13-14)16(17,18)19/h2,4-7,13H,3,8-12H2,1H3/b5-2-. The fourth-order valence-corrected chi connectivity index (χ4v) is 2.37. The minimum Gasteiger partial charge on any atom is -0.304 e. The van der Waals surface area contributed by atoms with E-state index >= 15 is 0 Å². The minimum atomic E-state index is -4.27. The number of alkyl halides is 3. The van der Waals surface area contributed by atoms with Crippen molar-refractivity contribution in [3.8, 4) is 0 Å². The molecule has 0 N–H and O–H groups in total. The topological polar surface area (TPSA) is 6.48 Å². The van der Waals surface area contributed by atoms with Crippen LogP contribution in [0.25, 0.3) is 6.08 Å². The van der Waals surface area contributed by atoms with Crippen LogP contribution in [0.1, 0.15) is 17.5 Å². The van der Waals surface area contributed by atoms with E-state index in [0.29, 0.717) is 5.56 Å². The van der Waals surface area contributed by atoms with Gasteiger partial charge in [-0.25, -0.2) is 0 Å². The van der Waals surface area contributed by atoms with Crippen LogP contribution in [0.15, 0.2) is 30.3 Å². The Hall–Kier alpha value is -1.33. The maximum atomic E-state index is 12.6. The average molecular weight is 298 g/mol. The monoisotopic (exact) mass is 298 g/mol. The molecule has 116 valence electrons. The van der Waals surface area contributed by atoms with Gasteiger partial charge in [-0.05, 0) is 31.2 Å². The predicted molar refractivity (Wildman–Crippen MR) is 79.0 cm³/mol. The van der Waals surface area contributed by atoms with Gasteiger partial charge >= 0.3 is 6.18 Å². The van der Waals surface area contributed by atoms with Crippen LogP contribution in [0, 0.1) is 0 Å². The highest BCUT2D eigenvalue weighted by Gasteiger charge is 2.30. The first kappa shape index (κ1) is 16.0. The zero-order valence-corrected chi connectivity index (χ0v) is 12.2. The fourth-order valence-electron chi connectivity index (χ4n) is 2.37. The van der Waals surface area contributed by atoms with Crippen molar-refractivity contribution in [2.24, 2.45) is 0 Å². The van der Waals surface area contributed by atoms with Gasteiger partial charge in [-0.3, -0.25) is 0 Å². The molecular formula is C16H21F3N2. The number of benzene rings is 1. The molecule has 0 radical (unpaired) electrons. The lowest BCUT2D eigenvalue weighted by Gasteiger charge is -2.32. The van der Waals surface area contributed by atoms with Gasteiger partial charge in [0.25, 0.3) is 0 Å². The highest BCUT2D eigenvalue weighted by molar-refractivity contribution is 5.50. The van der Waals surface area contributed by atoms with Gasteiger partial charge in [0.2, 0.25) is 0 Å². The normalized spacial score (nSPS) is 18.5. The lowest BCUT2D eigenvalue weighted by molar-refractivity contribution is -0.137. The van der Waals surface area contributed by atoms with E-state index in [2.05, 4.69) is 16.8 Å². The summed E-state index contributed by atoms with van der Waals surface area (Å²) >= 11 is 0. The maximum absolute atomic E-state index is 12.6. The number of rotatable bonds is 4. The number of likely N-dealkylation sites (N-methyl/N-ethyl adjacent to an activating group) is 1. The van der Waals surface area contributed by atoms with Crippen LogP contribution in [-0.2, 0) is 6.18 Å². The van der Waals surface area contributed by atoms with Crippen LogP contribution < -0.4 is 0 Å². The smallest absolute Gasteiger partial charge is 0.304 e. The van der Waals surface area contributed by atoms with Gasteiger partial charge < -0.3 is 9.80 Å². The van der Waals surface area contributed by atoms with E-state index in [4.69, 9.17) is 0 Å². The number of halogens is 3. The highest BCUT2D eigenvalue weighted by atomic mass is 19.4. The Bertz CT molecular complexity index is 475. The van der Waals surface area contributed by atoms with Gasteiger partial charge in [-0.2, -0.15) is 13.2 Å². The van der Waals surface area contributed by atoms with Crippen LogP contribution >= 0.6 is 0 Å². The summed E-state index contributed by atoms with van der Waals surface area (Å²) in [7, 11) is 2.12. The van der Waals surface area contributed by atoms with Crippen molar-refractivity contribution in [2.45, 2.75) is 12.6 Å². The van der Waals surface area contributed by atoms with Gasteiger partial charge in [0.05, 0.1) is 5.56 Å². The number of hydrogen-bond acceptors (Lipinski definition) is 2. The summed E-state index contributed by atoms with van der Waals surface area (Å²) in [6, 6.07) is 5.43. The van der Waals surface area contributed by atoms with E-state index < -0.39 is 11.7 Å². The van der Waals surface area contributed by atoms with Crippen molar-refractivity contribution in [1.29, 1.82) is 0 Å². The second-order valence-corrected chi connectivity index (χ2v) is 5.46. The Morgan fingerprint density at radius 2 is 1.86 bits per heavy atom. The van der Waals surface area contributed by atoms with E-state index in [0.717, 1.165) is 45.2 Å². The van der Waals surface area contributed by atoms with Crippen LogP contribution in [-0.4, -0.2) is 49.6 Å². The summed E-state index contributed by atoms with van der Waals surface area (Å²) in [6.07, 6.45) is 0.308. The molecule has 21 heavy (non-hydrogen) atoms. The van der Waals surface area contributed by atoms with Gasteiger partial charge in [0, 0.05) is 32.7 Å². The van der Waals surface area contributed by atoms with Crippen LogP contribution in [0.5, 0.6) is 0 Å². The molecule has 0 saturated carbocycles. The van der Waals surface area contributed by atoms with E-state index in [-0.39, 0.29) is 0 Å². The maximum Gasteiger partial charge on any atom is 0.416 e. The molecule has 1 fully saturated rings. The third-order valence-corrected chi connectivity index (χ3v) is 3.73. The summed E-state index contributed by atoms with van der Waals surface area (Å²) in [4.78, 5) is 4.69. The first-order chi connectivity index (χ1) is 9.95. The summed E-state index contributed by atoms with van der Waals surface area (Å²) in [5.74, 6) is 0. The van der Waals surface area contributed by atoms with Crippen LogP contribution in [0.2, 0.25) is 0 Å². The van der Waals surface area contributed by atoms with E-state index in [1.807, 2.05) is 6.08 Å². The van der Waals surface area contributed by atoms with Gasteiger partial charge in [-0.15, -0.1) is 0 Å². The predicted octanol–water partition coefficient (Wildman–Crippen LogP) is 3.36. The van der Waals surface area contributed by atoms with Gasteiger partial charge in [0.1, 0.15) is 0 Å². The third-order valence-electron chi connectivity index (χ3n) is 3.73. The molecule has 0 aromatic heterocycles. The summed E-state index contributed by atoms with van der Waals surface area (Å²) < 4.78 is 37.8. The molecule has 1 aromatic rings. The second-order valence-electron chi connectivity index (χ2n) is 5.46. The molecule has 2 nitrogen and oxygen atoms in total. The first-order valence-corrected chi connectivity index (χ1v) is 7.20. The van der Waals surface area contributed by atoms with Crippen molar-refractivity contribution in [2.75, 3.05) is 39.8 Å². The van der Waals surface area contributed by atoms with E-state index in [1.54, 1.807) is 12.1 Å². The molecule has 1 heterocycles. The van der Waals surface area contributed by atoms with Crippen molar-refractivity contribution in [3.63, 3.8) is 0 Å². The Balaban J connectivity index is 1.82. The summed E-state index contributed by atoms with van der Waals surface area (Å²) in [5.41, 5.74) is 0.00641. The van der Waals surface area contributed by atoms with Crippen LogP contribution in [0.3, 0.4) is 0 Å². The van der Waals surface area contributed by atoms with E-state index in [9.17, 15) is 13.2 Å². The zero-order valence-electron chi connectivity index (χ0n) is 12.2. The SMILES string of the molecule is CN1CCN(CC/C=C\c2cccc(C(F)(F)F)c2)CC1. The largest absolute Gasteiger partial charge is 0.416 e. The Morgan fingerprint density at radius 3 is 2.52 bits per heavy atom. The van der Waals surface area contributed by atoms with Gasteiger partial charge in [0.15, 0.2) is 0 Å². The number of piperazine rings is 1. The highest BCUT2D eigenvalue weighted by Crippen LogP contribution is 2.29. The first-order valence-electron chi connectivity index (χ1n) is 7.20. The lowest BCUT2D eigenvalue weighted by atomic mass is 10.1. The molecule has 0 atom stereocenters. The second kappa shape index (κ2) is 7.09. The molecule has 0 bridgehead atoms. The van der Waals surface area contributed by atoms with Crippen molar-refractivity contribution >= 4 is 6.08 Å². The molecule has 2 rings (SSSR count). The molecule has 1 saturated heterocycles. The van der Waals surface area contributed by atoms with E-state index in [1.165, 1.54) is 12.1 Å². The molecular weight excluding hydrogens is 277 g/mol. The van der Waals surface area contributed by atoms with Crippen molar-refractivity contribution < 1.29 is 13.2 Å². The molecule has 5 heteroatoms.